The first-order chi connectivity index (χ1) is 8.66. The lowest BCUT2D eigenvalue weighted by atomic mass is 9.99. The summed E-state index contributed by atoms with van der Waals surface area (Å²) in [5, 5.41) is 7.88. The van der Waals surface area contributed by atoms with Crippen LogP contribution in [-0.4, -0.2) is 21.8 Å². The third-order valence-corrected chi connectivity index (χ3v) is 2.48. The summed E-state index contributed by atoms with van der Waals surface area (Å²) in [7, 11) is 0. The fourth-order valence-corrected chi connectivity index (χ4v) is 1.50. The highest BCUT2D eigenvalue weighted by Gasteiger charge is 2.10. The van der Waals surface area contributed by atoms with E-state index >= 15 is 0 Å². The van der Waals surface area contributed by atoms with E-state index in [0.29, 0.717) is 11.3 Å². The van der Waals surface area contributed by atoms with E-state index in [2.05, 4.69) is 21.8 Å². The van der Waals surface area contributed by atoms with Gasteiger partial charge in [-0.3, -0.25) is 4.79 Å². The Morgan fingerprint density at radius 3 is 2.67 bits per heavy atom. The van der Waals surface area contributed by atoms with Gasteiger partial charge in [0, 0.05) is 17.7 Å². The fourth-order valence-electron chi connectivity index (χ4n) is 1.50. The lowest BCUT2D eigenvalue weighted by Crippen LogP contribution is -2.05. The van der Waals surface area contributed by atoms with Crippen molar-refractivity contribution in [3.05, 3.63) is 60.5 Å². The van der Waals surface area contributed by atoms with Gasteiger partial charge in [0.2, 0.25) is 0 Å². The Labute approximate surface area is 105 Å². The Kier molecular flexibility index (Phi) is 3.57. The average Bonchev–Trinajstić information content (AvgIpc) is 2.40. The maximum atomic E-state index is 11.4. The normalized spacial score (nSPS) is 17.6. The highest BCUT2D eigenvalue weighted by molar-refractivity contribution is 6.12. The van der Waals surface area contributed by atoms with Gasteiger partial charge in [-0.2, -0.15) is 10.2 Å². The van der Waals surface area contributed by atoms with Crippen molar-refractivity contribution >= 4 is 11.6 Å². The zero-order valence-electron chi connectivity index (χ0n) is 10.1. The third-order valence-electron chi connectivity index (χ3n) is 2.48. The molecule has 4 heteroatoms. The second-order valence-electron chi connectivity index (χ2n) is 4.01. The number of allylic oxidation sites excluding steroid dienone is 4. The van der Waals surface area contributed by atoms with Gasteiger partial charge in [-0.15, -0.1) is 0 Å². The van der Waals surface area contributed by atoms with Crippen LogP contribution in [0.4, 0.5) is 0 Å². The summed E-state index contributed by atoms with van der Waals surface area (Å²) in [6.45, 7) is 5.20. The number of hydrogen-bond donors (Lipinski definition) is 0. The number of hydrogen-bond acceptors (Lipinski definition) is 3. The predicted molar refractivity (Wildman–Crippen MR) is 70.3 cm³/mol. The first-order valence-corrected chi connectivity index (χ1v) is 5.59. The number of rotatable bonds is 2. The Morgan fingerprint density at radius 1 is 1.39 bits per heavy atom. The number of amides is 1. The lowest BCUT2D eigenvalue weighted by Gasteiger charge is -2.09. The summed E-state index contributed by atoms with van der Waals surface area (Å²) in [5.41, 5.74) is 1.93. The van der Waals surface area contributed by atoms with Crippen molar-refractivity contribution in [2.24, 2.45) is 4.99 Å². The first-order valence-electron chi connectivity index (χ1n) is 5.59. The van der Waals surface area contributed by atoms with Crippen LogP contribution >= 0.6 is 0 Å². The molecule has 1 aliphatic rings. The number of carbonyl (C=O) groups excluding carboxylic acids is 1. The molecule has 4 nitrogen and oxygen atoms in total. The molecule has 0 saturated heterocycles. The van der Waals surface area contributed by atoms with E-state index in [9.17, 15) is 4.79 Å². The van der Waals surface area contributed by atoms with Gasteiger partial charge < -0.3 is 0 Å². The van der Waals surface area contributed by atoms with Crippen molar-refractivity contribution in [2.45, 2.75) is 12.8 Å². The Hall–Kier alpha value is -2.36. The van der Waals surface area contributed by atoms with Crippen molar-refractivity contribution in [1.29, 1.82) is 0 Å². The van der Waals surface area contributed by atoms with Gasteiger partial charge in [-0.25, -0.2) is 4.99 Å². The molecule has 1 aliphatic carbocycles. The molecule has 1 aromatic rings. The van der Waals surface area contributed by atoms with Crippen LogP contribution in [-0.2, 0) is 4.79 Å². The van der Waals surface area contributed by atoms with E-state index in [-0.39, 0.29) is 11.8 Å². The third kappa shape index (κ3) is 2.85. The average molecular weight is 239 g/mol. The Balaban J connectivity index is 2.13. The van der Waals surface area contributed by atoms with Crippen LogP contribution in [0.2, 0.25) is 0 Å². The molecule has 0 fully saturated rings. The molecule has 18 heavy (non-hydrogen) atoms. The summed E-state index contributed by atoms with van der Waals surface area (Å²) in [6, 6.07) is 3.76. The molecule has 0 unspecified atom stereocenters. The number of nitrogens with zero attached hydrogens (tertiary/aromatic N) is 3. The van der Waals surface area contributed by atoms with Crippen LogP contribution in [0.15, 0.2) is 59.8 Å². The molecule has 0 atom stereocenters. The van der Waals surface area contributed by atoms with E-state index in [0.717, 1.165) is 5.69 Å². The van der Waals surface area contributed by atoms with E-state index in [1.807, 2.05) is 24.3 Å². The molecule has 90 valence electrons. The number of carbonyl (C=O) groups is 1. The second kappa shape index (κ2) is 5.31. The second-order valence-corrected chi connectivity index (χ2v) is 4.01. The van der Waals surface area contributed by atoms with Crippen LogP contribution < -0.4 is 0 Å². The molecule has 0 aliphatic heterocycles. The summed E-state index contributed by atoms with van der Waals surface area (Å²) in [5.74, 6) is -0.213. The largest absolute Gasteiger partial charge is 0.272 e. The first kappa shape index (κ1) is 12.1. The smallest absolute Gasteiger partial charge is 0.267 e. The van der Waals surface area contributed by atoms with Crippen molar-refractivity contribution in [1.82, 2.24) is 10.2 Å². The summed E-state index contributed by atoms with van der Waals surface area (Å²) >= 11 is 0. The van der Waals surface area contributed by atoms with Crippen LogP contribution in [0.1, 0.15) is 18.5 Å². The molecular formula is C14H13N3O. The highest BCUT2D eigenvalue weighted by Crippen LogP contribution is 2.19. The van der Waals surface area contributed by atoms with Gasteiger partial charge in [0.15, 0.2) is 0 Å². The zero-order valence-corrected chi connectivity index (χ0v) is 10.1. The van der Waals surface area contributed by atoms with Gasteiger partial charge in [0.1, 0.15) is 0 Å². The molecule has 0 saturated carbocycles. The SMILES string of the molecule is C=C(C)C(=O)N=C1C=CC(c2cccnn2)C=C1. The van der Waals surface area contributed by atoms with Crippen molar-refractivity contribution in [3.8, 4) is 0 Å². The minimum absolute atomic E-state index is 0.0811. The summed E-state index contributed by atoms with van der Waals surface area (Å²) in [6.07, 6.45) is 9.13. The van der Waals surface area contributed by atoms with Crippen molar-refractivity contribution in [2.75, 3.05) is 0 Å². The standard InChI is InChI=1S/C14H13N3O/c1-10(2)14(18)16-12-7-5-11(6-8-12)13-4-3-9-15-17-13/h3-9,11H,1H2,2H3. The van der Waals surface area contributed by atoms with Crippen LogP contribution in [0.3, 0.4) is 0 Å². The minimum Gasteiger partial charge on any atom is -0.267 e. The molecule has 1 heterocycles. The van der Waals surface area contributed by atoms with Crippen molar-refractivity contribution < 1.29 is 4.79 Å². The Bertz CT molecular complexity index is 540. The highest BCUT2D eigenvalue weighted by atomic mass is 16.1. The topological polar surface area (TPSA) is 55.2 Å². The predicted octanol–water partition coefficient (Wildman–Crippen LogP) is 2.23. The number of aliphatic imine (C=N–C) groups is 1. The van der Waals surface area contributed by atoms with Crippen LogP contribution in [0, 0.1) is 0 Å². The van der Waals surface area contributed by atoms with E-state index in [1.165, 1.54) is 0 Å². The van der Waals surface area contributed by atoms with Gasteiger partial charge in [-0.1, -0.05) is 18.7 Å². The van der Waals surface area contributed by atoms with Crippen LogP contribution in [0.5, 0.6) is 0 Å². The molecule has 0 radical (unpaired) electrons. The molecular weight excluding hydrogens is 226 g/mol. The molecule has 2 rings (SSSR count). The summed E-state index contributed by atoms with van der Waals surface area (Å²) in [4.78, 5) is 15.3. The van der Waals surface area contributed by atoms with Gasteiger partial charge in [0.25, 0.3) is 5.91 Å². The maximum absolute atomic E-state index is 11.4. The molecule has 1 aromatic heterocycles. The number of aromatic nitrogens is 2. The molecule has 0 spiro atoms. The zero-order chi connectivity index (χ0) is 13.0. The van der Waals surface area contributed by atoms with Crippen LogP contribution in [0.25, 0.3) is 0 Å². The minimum atomic E-state index is -0.294. The molecule has 1 amide bonds. The molecule has 0 N–H and O–H groups in total. The van der Waals surface area contributed by atoms with E-state index in [1.54, 1.807) is 25.3 Å². The summed E-state index contributed by atoms with van der Waals surface area (Å²) < 4.78 is 0. The molecule has 0 bridgehead atoms. The quantitative estimate of drug-likeness (QED) is 0.744. The monoisotopic (exact) mass is 239 g/mol. The van der Waals surface area contributed by atoms with E-state index in [4.69, 9.17) is 0 Å². The fraction of sp³-hybridized carbons (Fsp3) is 0.143. The maximum Gasteiger partial charge on any atom is 0.272 e. The van der Waals surface area contributed by atoms with E-state index < -0.39 is 0 Å². The van der Waals surface area contributed by atoms with Crippen molar-refractivity contribution in [3.63, 3.8) is 0 Å². The van der Waals surface area contributed by atoms with Gasteiger partial charge in [0.05, 0.1) is 11.4 Å². The lowest BCUT2D eigenvalue weighted by molar-refractivity contribution is -0.114. The Morgan fingerprint density at radius 2 is 2.11 bits per heavy atom. The van der Waals surface area contributed by atoms with Gasteiger partial charge in [-0.05, 0) is 31.2 Å². The van der Waals surface area contributed by atoms with Gasteiger partial charge >= 0.3 is 0 Å². The molecule has 0 aromatic carbocycles.